The second kappa shape index (κ2) is 7.23. The Hall–Kier alpha value is -3.14. The van der Waals surface area contributed by atoms with Gasteiger partial charge in [0.1, 0.15) is 11.5 Å². The number of amides is 1. The summed E-state index contributed by atoms with van der Waals surface area (Å²) in [6.45, 7) is 3.52. The van der Waals surface area contributed by atoms with E-state index in [0.717, 1.165) is 25.9 Å². The smallest absolute Gasteiger partial charge is 0.276 e. The van der Waals surface area contributed by atoms with Gasteiger partial charge in [0.15, 0.2) is 11.5 Å². The van der Waals surface area contributed by atoms with Gasteiger partial charge in [0.05, 0.1) is 6.04 Å². The number of rotatable bonds is 4. The maximum atomic E-state index is 14.1. The number of carbonyl (C=O) groups excluding carboxylic acids is 1. The zero-order chi connectivity index (χ0) is 18.8. The molecule has 10 heteroatoms. The van der Waals surface area contributed by atoms with Crippen LogP contribution in [0.3, 0.4) is 0 Å². The molecule has 0 spiro atoms. The molecule has 1 aliphatic heterocycles. The standard InChI is InChI=1S/C17H19FN8O/c1-11-21-23-24-26(11)16-9-12(4-5-14(16)18)20-17(27)15-6-8-25(22-15)13-3-2-7-19-10-13/h4-6,8-9,13,19H,2-3,7,10H2,1H3,(H,20,27). The Balaban J connectivity index is 1.52. The fraction of sp³-hybridized carbons (Fsp3) is 0.353. The first-order chi connectivity index (χ1) is 13.1. The monoisotopic (exact) mass is 370 g/mol. The van der Waals surface area contributed by atoms with E-state index in [1.165, 1.54) is 22.9 Å². The van der Waals surface area contributed by atoms with E-state index in [2.05, 4.69) is 31.3 Å². The SMILES string of the molecule is Cc1nnnn1-c1cc(NC(=O)c2ccn(C3CCCNC3)n2)ccc1F. The highest BCUT2D eigenvalue weighted by molar-refractivity contribution is 6.02. The maximum Gasteiger partial charge on any atom is 0.276 e. The number of nitrogens with one attached hydrogen (secondary N) is 2. The van der Waals surface area contributed by atoms with E-state index in [1.54, 1.807) is 13.0 Å². The topological polar surface area (TPSA) is 103 Å². The van der Waals surface area contributed by atoms with Crippen molar-refractivity contribution in [1.82, 2.24) is 35.3 Å². The van der Waals surface area contributed by atoms with Crippen LogP contribution in [0.1, 0.15) is 35.2 Å². The first-order valence-corrected chi connectivity index (χ1v) is 8.74. The van der Waals surface area contributed by atoms with Gasteiger partial charge in [-0.3, -0.25) is 9.48 Å². The van der Waals surface area contributed by atoms with Crippen molar-refractivity contribution < 1.29 is 9.18 Å². The van der Waals surface area contributed by atoms with Gasteiger partial charge in [-0.1, -0.05) is 0 Å². The van der Waals surface area contributed by atoms with E-state index in [1.807, 2.05) is 10.9 Å². The molecule has 1 fully saturated rings. The molecule has 2 N–H and O–H groups in total. The van der Waals surface area contributed by atoms with Gasteiger partial charge in [-0.25, -0.2) is 4.39 Å². The number of benzene rings is 1. The summed E-state index contributed by atoms with van der Waals surface area (Å²) >= 11 is 0. The molecule has 1 unspecified atom stereocenters. The molecule has 0 bridgehead atoms. The van der Waals surface area contributed by atoms with Crippen molar-refractivity contribution in [2.24, 2.45) is 0 Å². The minimum atomic E-state index is -0.488. The van der Waals surface area contributed by atoms with Gasteiger partial charge >= 0.3 is 0 Å². The predicted molar refractivity (Wildman–Crippen MR) is 95.2 cm³/mol. The molecule has 1 amide bonds. The lowest BCUT2D eigenvalue weighted by atomic mass is 10.1. The molecule has 1 saturated heterocycles. The number of carbonyl (C=O) groups is 1. The summed E-state index contributed by atoms with van der Waals surface area (Å²) in [6, 6.07) is 6.16. The van der Waals surface area contributed by atoms with Crippen LogP contribution in [0.15, 0.2) is 30.5 Å². The van der Waals surface area contributed by atoms with Gasteiger partial charge in [0, 0.05) is 18.4 Å². The van der Waals surface area contributed by atoms with Crippen molar-refractivity contribution >= 4 is 11.6 Å². The molecular formula is C17H19FN8O. The number of anilines is 1. The van der Waals surface area contributed by atoms with Crippen LogP contribution in [0.5, 0.6) is 0 Å². The van der Waals surface area contributed by atoms with E-state index in [0.29, 0.717) is 17.2 Å². The third kappa shape index (κ3) is 3.56. The van der Waals surface area contributed by atoms with Crippen molar-refractivity contribution in [3.63, 3.8) is 0 Å². The van der Waals surface area contributed by atoms with Gasteiger partial charge < -0.3 is 10.6 Å². The number of aromatic nitrogens is 6. The van der Waals surface area contributed by atoms with E-state index in [9.17, 15) is 9.18 Å². The summed E-state index contributed by atoms with van der Waals surface area (Å²) in [6.07, 6.45) is 3.93. The Labute approximate surface area is 154 Å². The maximum absolute atomic E-state index is 14.1. The van der Waals surface area contributed by atoms with E-state index in [-0.39, 0.29) is 17.6 Å². The third-order valence-corrected chi connectivity index (χ3v) is 4.54. The molecule has 0 aliphatic carbocycles. The zero-order valence-corrected chi connectivity index (χ0v) is 14.8. The highest BCUT2D eigenvalue weighted by Crippen LogP contribution is 2.20. The second-order valence-electron chi connectivity index (χ2n) is 6.44. The van der Waals surface area contributed by atoms with Gasteiger partial charge in [-0.2, -0.15) is 9.78 Å². The molecule has 1 aliphatic rings. The van der Waals surface area contributed by atoms with Gasteiger partial charge in [-0.15, -0.1) is 5.10 Å². The van der Waals surface area contributed by atoms with Crippen molar-refractivity contribution in [3.05, 3.63) is 47.8 Å². The lowest BCUT2D eigenvalue weighted by Gasteiger charge is -2.22. The molecule has 1 aromatic carbocycles. The molecule has 3 aromatic rings. The molecular weight excluding hydrogens is 351 g/mol. The van der Waals surface area contributed by atoms with E-state index < -0.39 is 5.82 Å². The largest absolute Gasteiger partial charge is 0.321 e. The highest BCUT2D eigenvalue weighted by atomic mass is 19.1. The van der Waals surface area contributed by atoms with Crippen LogP contribution in [0.25, 0.3) is 5.69 Å². The number of tetrazole rings is 1. The lowest BCUT2D eigenvalue weighted by molar-refractivity contribution is 0.102. The normalized spacial score (nSPS) is 17.0. The van der Waals surface area contributed by atoms with Crippen molar-refractivity contribution in [1.29, 1.82) is 0 Å². The summed E-state index contributed by atoms with van der Waals surface area (Å²) in [5.41, 5.74) is 0.902. The number of hydrogen-bond donors (Lipinski definition) is 2. The summed E-state index contributed by atoms with van der Waals surface area (Å²) in [5, 5.41) is 21.5. The molecule has 1 atom stereocenters. The summed E-state index contributed by atoms with van der Waals surface area (Å²) in [5.74, 6) is -0.404. The summed E-state index contributed by atoms with van der Waals surface area (Å²) < 4.78 is 17.2. The van der Waals surface area contributed by atoms with E-state index in [4.69, 9.17) is 0 Å². The van der Waals surface area contributed by atoms with Crippen molar-refractivity contribution in [2.75, 3.05) is 18.4 Å². The van der Waals surface area contributed by atoms with Gasteiger partial charge in [0.25, 0.3) is 5.91 Å². The first-order valence-electron chi connectivity index (χ1n) is 8.74. The third-order valence-electron chi connectivity index (χ3n) is 4.54. The first kappa shape index (κ1) is 17.3. The lowest BCUT2D eigenvalue weighted by Crippen LogP contribution is -2.32. The Morgan fingerprint density at radius 1 is 1.37 bits per heavy atom. The number of nitrogens with zero attached hydrogens (tertiary/aromatic N) is 6. The molecule has 4 rings (SSSR count). The quantitative estimate of drug-likeness (QED) is 0.721. The number of piperidine rings is 1. The minimum Gasteiger partial charge on any atom is -0.321 e. The molecule has 140 valence electrons. The van der Waals surface area contributed by atoms with Crippen LogP contribution in [-0.4, -0.2) is 49.0 Å². The van der Waals surface area contributed by atoms with Gasteiger partial charge in [-0.05, 0) is 61.0 Å². The van der Waals surface area contributed by atoms with Crippen molar-refractivity contribution in [2.45, 2.75) is 25.8 Å². The van der Waals surface area contributed by atoms with Crippen molar-refractivity contribution in [3.8, 4) is 5.69 Å². The molecule has 0 saturated carbocycles. The van der Waals surface area contributed by atoms with Crippen LogP contribution in [0.2, 0.25) is 0 Å². The Bertz CT molecular complexity index is 960. The average Bonchev–Trinajstić information content (AvgIpc) is 3.33. The number of halogens is 1. The van der Waals surface area contributed by atoms with Crippen LogP contribution < -0.4 is 10.6 Å². The highest BCUT2D eigenvalue weighted by Gasteiger charge is 2.18. The number of aryl methyl sites for hydroxylation is 1. The molecule has 2 aromatic heterocycles. The van der Waals surface area contributed by atoms with Crippen LogP contribution in [-0.2, 0) is 0 Å². The summed E-state index contributed by atoms with van der Waals surface area (Å²) in [7, 11) is 0. The molecule has 3 heterocycles. The Morgan fingerprint density at radius 3 is 3.00 bits per heavy atom. The van der Waals surface area contributed by atoms with Crippen LogP contribution in [0.4, 0.5) is 10.1 Å². The fourth-order valence-electron chi connectivity index (χ4n) is 3.12. The van der Waals surface area contributed by atoms with Crippen LogP contribution in [0, 0.1) is 12.7 Å². The van der Waals surface area contributed by atoms with Gasteiger partial charge in [0.2, 0.25) is 0 Å². The number of hydrogen-bond acceptors (Lipinski definition) is 6. The Kier molecular flexibility index (Phi) is 4.63. The summed E-state index contributed by atoms with van der Waals surface area (Å²) in [4.78, 5) is 12.5. The average molecular weight is 370 g/mol. The predicted octanol–water partition coefficient (Wildman–Crippen LogP) is 1.48. The fourth-order valence-corrected chi connectivity index (χ4v) is 3.12. The zero-order valence-electron chi connectivity index (χ0n) is 14.8. The minimum absolute atomic E-state index is 0.161. The van der Waals surface area contributed by atoms with Crippen LogP contribution >= 0.6 is 0 Å². The molecule has 0 radical (unpaired) electrons. The molecule has 9 nitrogen and oxygen atoms in total. The van der Waals surface area contributed by atoms with E-state index >= 15 is 0 Å². The second-order valence-corrected chi connectivity index (χ2v) is 6.44. The Morgan fingerprint density at radius 2 is 2.26 bits per heavy atom. The molecule has 27 heavy (non-hydrogen) atoms.